The standard InChI is InChI=1S/C8H17N3O4S/c1-7(12)10-4-3-8(13)11-5-6-16(14,15)9-2/h9H,3-6H2,1-2H3,(H,10,12)(H,11,13). The van der Waals surface area contributed by atoms with Crippen molar-refractivity contribution in [1.82, 2.24) is 15.4 Å². The molecule has 0 aliphatic rings. The van der Waals surface area contributed by atoms with Gasteiger partial charge in [-0.1, -0.05) is 0 Å². The molecule has 0 aromatic carbocycles. The van der Waals surface area contributed by atoms with Gasteiger partial charge in [0, 0.05) is 26.4 Å². The van der Waals surface area contributed by atoms with Crippen molar-refractivity contribution in [3.8, 4) is 0 Å². The number of amides is 2. The number of nitrogens with one attached hydrogen (secondary N) is 3. The molecule has 0 atom stereocenters. The Morgan fingerprint density at radius 2 is 1.75 bits per heavy atom. The van der Waals surface area contributed by atoms with Gasteiger partial charge in [0.05, 0.1) is 5.75 Å². The highest BCUT2D eigenvalue weighted by atomic mass is 32.2. The van der Waals surface area contributed by atoms with Gasteiger partial charge in [0.2, 0.25) is 21.8 Å². The number of rotatable bonds is 7. The van der Waals surface area contributed by atoms with Crippen molar-refractivity contribution in [1.29, 1.82) is 0 Å². The van der Waals surface area contributed by atoms with Crippen LogP contribution in [0, 0.1) is 0 Å². The molecule has 0 aliphatic carbocycles. The van der Waals surface area contributed by atoms with Crippen molar-refractivity contribution in [3.63, 3.8) is 0 Å². The van der Waals surface area contributed by atoms with Crippen LogP contribution in [-0.4, -0.2) is 46.1 Å². The van der Waals surface area contributed by atoms with Crippen molar-refractivity contribution in [3.05, 3.63) is 0 Å². The maximum atomic E-state index is 11.1. The van der Waals surface area contributed by atoms with Gasteiger partial charge in [-0.15, -0.1) is 0 Å². The first-order chi connectivity index (χ1) is 7.37. The minimum Gasteiger partial charge on any atom is -0.356 e. The molecule has 8 heteroatoms. The second kappa shape index (κ2) is 7.18. The molecule has 0 aromatic heterocycles. The topological polar surface area (TPSA) is 104 Å². The van der Waals surface area contributed by atoms with Crippen LogP contribution in [0.5, 0.6) is 0 Å². The molecule has 0 bridgehead atoms. The molecule has 94 valence electrons. The number of carbonyl (C=O) groups excluding carboxylic acids is 2. The van der Waals surface area contributed by atoms with Gasteiger partial charge < -0.3 is 10.6 Å². The lowest BCUT2D eigenvalue weighted by Gasteiger charge is -2.05. The molecule has 0 spiro atoms. The SMILES string of the molecule is CNS(=O)(=O)CCNC(=O)CCNC(C)=O. The smallest absolute Gasteiger partial charge is 0.221 e. The lowest BCUT2D eigenvalue weighted by atomic mass is 10.4. The van der Waals surface area contributed by atoms with Gasteiger partial charge in [0.1, 0.15) is 0 Å². The summed E-state index contributed by atoms with van der Waals surface area (Å²) in [6.45, 7) is 1.67. The van der Waals surface area contributed by atoms with E-state index in [0.29, 0.717) is 0 Å². The number of hydrogen-bond acceptors (Lipinski definition) is 4. The Morgan fingerprint density at radius 1 is 1.12 bits per heavy atom. The Labute approximate surface area is 95.0 Å². The van der Waals surface area contributed by atoms with Crippen molar-refractivity contribution in [2.45, 2.75) is 13.3 Å². The summed E-state index contributed by atoms with van der Waals surface area (Å²) in [5, 5.41) is 4.90. The monoisotopic (exact) mass is 251 g/mol. The number of sulfonamides is 1. The van der Waals surface area contributed by atoms with Gasteiger partial charge in [-0.25, -0.2) is 13.1 Å². The van der Waals surface area contributed by atoms with E-state index in [0.717, 1.165) is 0 Å². The maximum absolute atomic E-state index is 11.1. The van der Waals surface area contributed by atoms with Crippen molar-refractivity contribution < 1.29 is 18.0 Å². The Hall–Kier alpha value is -1.15. The Bertz CT molecular complexity index is 339. The van der Waals surface area contributed by atoms with Crippen LogP contribution < -0.4 is 15.4 Å². The highest BCUT2D eigenvalue weighted by molar-refractivity contribution is 7.89. The average Bonchev–Trinajstić information content (AvgIpc) is 2.17. The number of hydrogen-bond donors (Lipinski definition) is 3. The summed E-state index contributed by atoms with van der Waals surface area (Å²) in [6, 6.07) is 0. The van der Waals surface area contributed by atoms with Crippen LogP contribution in [0.3, 0.4) is 0 Å². The molecule has 0 heterocycles. The Kier molecular flexibility index (Phi) is 6.66. The third kappa shape index (κ3) is 8.18. The van der Waals surface area contributed by atoms with E-state index >= 15 is 0 Å². The minimum atomic E-state index is -3.28. The predicted octanol–water partition coefficient (Wildman–Crippen LogP) is -1.82. The first-order valence-corrected chi connectivity index (χ1v) is 6.45. The van der Waals surface area contributed by atoms with Crippen LogP contribution in [0.4, 0.5) is 0 Å². The lowest BCUT2D eigenvalue weighted by Crippen LogP contribution is -2.34. The quantitative estimate of drug-likeness (QED) is 0.495. The molecule has 0 unspecified atom stereocenters. The summed E-state index contributed by atoms with van der Waals surface area (Å²) < 4.78 is 24.1. The molecule has 7 nitrogen and oxygen atoms in total. The van der Waals surface area contributed by atoms with Crippen LogP contribution in [0.2, 0.25) is 0 Å². The molecule has 0 rings (SSSR count). The molecule has 0 saturated heterocycles. The highest BCUT2D eigenvalue weighted by Crippen LogP contribution is 1.82. The van der Waals surface area contributed by atoms with E-state index in [9.17, 15) is 18.0 Å². The summed E-state index contributed by atoms with van der Waals surface area (Å²) >= 11 is 0. The zero-order chi connectivity index (χ0) is 12.6. The van der Waals surface area contributed by atoms with Crippen LogP contribution in [0.15, 0.2) is 0 Å². The zero-order valence-corrected chi connectivity index (χ0v) is 10.2. The van der Waals surface area contributed by atoms with E-state index in [-0.39, 0.29) is 37.1 Å². The molecule has 0 radical (unpaired) electrons. The maximum Gasteiger partial charge on any atom is 0.221 e. The van der Waals surface area contributed by atoms with Crippen LogP contribution in [-0.2, 0) is 19.6 Å². The summed E-state index contributed by atoms with van der Waals surface area (Å²) in [4.78, 5) is 21.6. The summed E-state index contributed by atoms with van der Waals surface area (Å²) in [5.74, 6) is -0.652. The van der Waals surface area contributed by atoms with Crippen LogP contribution in [0.25, 0.3) is 0 Å². The van der Waals surface area contributed by atoms with E-state index in [1.54, 1.807) is 0 Å². The van der Waals surface area contributed by atoms with Gasteiger partial charge in [-0.2, -0.15) is 0 Å². The normalized spacial score (nSPS) is 10.9. The van der Waals surface area contributed by atoms with Crippen molar-refractivity contribution in [2.24, 2.45) is 0 Å². The zero-order valence-electron chi connectivity index (χ0n) is 9.37. The van der Waals surface area contributed by atoms with Crippen LogP contribution >= 0.6 is 0 Å². The molecule has 2 amide bonds. The Morgan fingerprint density at radius 3 is 2.25 bits per heavy atom. The second-order valence-corrected chi connectivity index (χ2v) is 5.15. The Balaban J connectivity index is 3.63. The fourth-order valence-electron chi connectivity index (χ4n) is 0.867. The van der Waals surface area contributed by atoms with E-state index in [2.05, 4.69) is 15.4 Å². The summed E-state index contributed by atoms with van der Waals surface area (Å²) in [7, 11) is -1.97. The van der Waals surface area contributed by atoms with Gasteiger partial charge in [-0.3, -0.25) is 9.59 Å². The largest absolute Gasteiger partial charge is 0.356 e. The molecule has 0 aromatic rings. The third-order valence-electron chi connectivity index (χ3n) is 1.73. The molecule has 0 fully saturated rings. The van der Waals surface area contributed by atoms with Gasteiger partial charge >= 0.3 is 0 Å². The molecule has 0 saturated carbocycles. The van der Waals surface area contributed by atoms with E-state index in [1.807, 2.05) is 0 Å². The molecule has 3 N–H and O–H groups in total. The highest BCUT2D eigenvalue weighted by Gasteiger charge is 2.07. The lowest BCUT2D eigenvalue weighted by molar-refractivity contribution is -0.121. The van der Waals surface area contributed by atoms with E-state index in [1.165, 1.54) is 14.0 Å². The molecule has 16 heavy (non-hydrogen) atoms. The van der Waals surface area contributed by atoms with Crippen LogP contribution in [0.1, 0.15) is 13.3 Å². The summed E-state index contributed by atoms with van der Waals surface area (Å²) in [5.41, 5.74) is 0. The number of carbonyl (C=O) groups is 2. The second-order valence-electron chi connectivity index (χ2n) is 3.11. The van der Waals surface area contributed by atoms with Crippen molar-refractivity contribution >= 4 is 21.8 Å². The fourth-order valence-corrected chi connectivity index (χ4v) is 1.44. The van der Waals surface area contributed by atoms with Gasteiger partial charge in [0.15, 0.2) is 0 Å². The predicted molar refractivity (Wildman–Crippen MR) is 59.2 cm³/mol. The first-order valence-electron chi connectivity index (χ1n) is 4.80. The van der Waals surface area contributed by atoms with E-state index < -0.39 is 10.0 Å². The first kappa shape index (κ1) is 14.8. The minimum absolute atomic E-state index is 0.0576. The van der Waals surface area contributed by atoms with Crippen molar-refractivity contribution in [2.75, 3.05) is 25.9 Å². The third-order valence-corrected chi connectivity index (χ3v) is 3.09. The van der Waals surface area contributed by atoms with E-state index in [4.69, 9.17) is 0 Å². The molecular weight excluding hydrogens is 234 g/mol. The van der Waals surface area contributed by atoms with Gasteiger partial charge in [0.25, 0.3) is 0 Å². The fraction of sp³-hybridized carbons (Fsp3) is 0.750. The molecule has 0 aliphatic heterocycles. The van der Waals surface area contributed by atoms with Gasteiger partial charge in [-0.05, 0) is 7.05 Å². The molecular formula is C8H17N3O4S. The average molecular weight is 251 g/mol. The summed E-state index contributed by atoms with van der Waals surface area (Å²) in [6.07, 6.45) is 0.138.